The van der Waals surface area contributed by atoms with Gasteiger partial charge in [-0.05, 0) is 65.4 Å². The molecule has 1 aliphatic heterocycles. The van der Waals surface area contributed by atoms with Gasteiger partial charge in [0.2, 0.25) is 0 Å². The Bertz CT molecular complexity index is 901. The van der Waals surface area contributed by atoms with Crippen LogP contribution in [0, 0.1) is 0 Å². The Kier molecular flexibility index (Phi) is 4.88. The number of ether oxygens (including phenoxy) is 1. The number of hydrogen-bond acceptors (Lipinski definition) is 5. The standard InChI is InChI=1S/C21H28BNO5/c1-19(2,3)26-18(25)23-17-15-12-14(10-8-13(15)9-11-16(17)24)22-27-20(4,5)21(6,7)28-22/h8-12,24H,1-7H3,(H,23,25). The van der Waals surface area contributed by atoms with Gasteiger partial charge < -0.3 is 19.2 Å². The van der Waals surface area contributed by atoms with Gasteiger partial charge in [0.05, 0.1) is 16.9 Å². The lowest BCUT2D eigenvalue weighted by molar-refractivity contribution is 0.00578. The van der Waals surface area contributed by atoms with Crippen molar-refractivity contribution in [3.8, 4) is 5.75 Å². The molecule has 0 saturated carbocycles. The molecule has 0 spiro atoms. The van der Waals surface area contributed by atoms with Crippen molar-refractivity contribution in [3.05, 3.63) is 30.3 Å². The van der Waals surface area contributed by atoms with Crippen LogP contribution < -0.4 is 10.8 Å². The minimum absolute atomic E-state index is 0.0376. The molecule has 7 heteroatoms. The predicted molar refractivity (Wildman–Crippen MR) is 111 cm³/mol. The molecule has 1 aliphatic rings. The van der Waals surface area contributed by atoms with E-state index in [1.54, 1.807) is 32.9 Å². The van der Waals surface area contributed by atoms with E-state index in [1.807, 2.05) is 45.9 Å². The summed E-state index contributed by atoms with van der Waals surface area (Å²) in [5, 5.41) is 14.6. The molecule has 150 valence electrons. The molecule has 0 atom stereocenters. The highest BCUT2D eigenvalue weighted by atomic mass is 16.7. The highest BCUT2D eigenvalue weighted by Crippen LogP contribution is 2.37. The fourth-order valence-corrected chi connectivity index (χ4v) is 2.99. The van der Waals surface area contributed by atoms with Crippen LogP contribution in [-0.2, 0) is 14.0 Å². The summed E-state index contributed by atoms with van der Waals surface area (Å²) in [6, 6.07) is 9.04. The molecule has 1 fully saturated rings. The van der Waals surface area contributed by atoms with E-state index in [9.17, 15) is 9.90 Å². The molecule has 1 saturated heterocycles. The molecular weight excluding hydrogens is 357 g/mol. The highest BCUT2D eigenvalue weighted by Gasteiger charge is 2.51. The number of carbonyl (C=O) groups excluding carboxylic acids is 1. The fraction of sp³-hybridized carbons (Fsp3) is 0.476. The monoisotopic (exact) mass is 385 g/mol. The van der Waals surface area contributed by atoms with E-state index in [-0.39, 0.29) is 5.75 Å². The second-order valence-corrected chi connectivity index (χ2v) is 9.16. The first-order valence-electron chi connectivity index (χ1n) is 9.40. The van der Waals surface area contributed by atoms with Gasteiger partial charge in [0, 0.05) is 5.39 Å². The average molecular weight is 385 g/mol. The third-order valence-electron chi connectivity index (χ3n) is 5.17. The molecule has 6 nitrogen and oxygen atoms in total. The molecule has 0 bridgehead atoms. The topological polar surface area (TPSA) is 77.0 Å². The Morgan fingerprint density at radius 3 is 2.21 bits per heavy atom. The average Bonchev–Trinajstić information content (AvgIpc) is 2.76. The van der Waals surface area contributed by atoms with E-state index in [1.165, 1.54) is 0 Å². The van der Waals surface area contributed by atoms with Crippen LogP contribution >= 0.6 is 0 Å². The molecule has 2 aromatic carbocycles. The lowest BCUT2D eigenvalue weighted by Crippen LogP contribution is -2.41. The Balaban J connectivity index is 1.98. The molecule has 2 N–H and O–H groups in total. The van der Waals surface area contributed by atoms with Gasteiger partial charge in [0.1, 0.15) is 11.4 Å². The van der Waals surface area contributed by atoms with E-state index in [0.29, 0.717) is 11.1 Å². The quantitative estimate of drug-likeness (QED) is 0.599. The molecule has 2 aromatic rings. The predicted octanol–water partition coefficient (Wildman–Crippen LogP) is 4.19. The summed E-state index contributed by atoms with van der Waals surface area (Å²) in [7, 11) is -0.536. The lowest BCUT2D eigenvalue weighted by atomic mass is 9.78. The van der Waals surface area contributed by atoms with Crippen LogP contribution in [-0.4, -0.2) is 35.1 Å². The zero-order valence-corrected chi connectivity index (χ0v) is 17.5. The van der Waals surface area contributed by atoms with Crippen molar-refractivity contribution in [1.82, 2.24) is 0 Å². The second-order valence-electron chi connectivity index (χ2n) is 9.16. The van der Waals surface area contributed by atoms with Gasteiger partial charge in [-0.2, -0.15) is 0 Å². The maximum atomic E-state index is 12.2. The van der Waals surface area contributed by atoms with E-state index >= 15 is 0 Å². The number of fused-ring (bicyclic) bond motifs is 1. The number of carbonyl (C=O) groups is 1. The molecule has 0 aromatic heterocycles. The summed E-state index contributed by atoms with van der Waals surface area (Å²) in [5.41, 5.74) is -0.446. The second kappa shape index (κ2) is 6.67. The maximum Gasteiger partial charge on any atom is 0.494 e. The summed E-state index contributed by atoms with van der Waals surface area (Å²) in [6.07, 6.45) is -0.628. The maximum absolute atomic E-state index is 12.2. The van der Waals surface area contributed by atoms with Gasteiger partial charge in [-0.15, -0.1) is 0 Å². The first kappa shape index (κ1) is 20.5. The van der Waals surface area contributed by atoms with Gasteiger partial charge >= 0.3 is 13.2 Å². The van der Waals surface area contributed by atoms with E-state index in [4.69, 9.17) is 14.0 Å². The number of aromatic hydroxyl groups is 1. The number of phenolic OH excluding ortho intramolecular Hbond substituents is 1. The third kappa shape index (κ3) is 3.96. The first-order valence-corrected chi connectivity index (χ1v) is 9.40. The third-order valence-corrected chi connectivity index (χ3v) is 5.17. The highest BCUT2D eigenvalue weighted by molar-refractivity contribution is 6.62. The Labute approximate surface area is 166 Å². The molecule has 0 unspecified atom stereocenters. The molecule has 0 aliphatic carbocycles. The number of nitrogens with one attached hydrogen (secondary N) is 1. The SMILES string of the molecule is CC(C)(C)OC(=O)Nc1c(O)ccc2ccc(B3OC(C)(C)C(C)(C)O3)cc12. The number of hydrogen-bond donors (Lipinski definition) is 2. The molecule has 1 amide bonds. The number of amides is 1. The van der Waals surface area contributed by atoms with E-state index < -0.39 is 30.0 Å². The molecule has 3 rings (SSSR count). The lowest BCUT2D eigenvalue weighted by Gasteiger charge is -2.32. The largest absolute Gasteiger partial charge is 0.506 e. The Hall–Kier alpha value is -2.25. The summed E-state index contributed by atoms with van der Waals surface area (Å²) in [6.45, 7) is 13.3. The molecule has 0 radical (unpaired) electrons. The number of anilines is 1. The summed E-state index contributed by atoms with van der Waals surface area (Å²) in [4.78, 5) is 12.2. The van der Waals surface area contributed by atoms with Crippen LogP contribution in [0.3, 0.4) is 0 Å². The summed E-state index contributed by atoms with van der Waals surface area (Å²) < 4.78 is 17.6. The van der Waals surface area contributed by atoms with Gasteiger partial charge in [0.25, 0.3) is 0 Å². The molecular formula is C21H28BNO5. The van der Waals surface area contributed by atoms with Crippen LogP contribution in [0.25, 0.3) is 10.8 Å². The van der Waals surface area contributed by atoms with Crippen molar-refractivity contribution >= 4 is 35.1 Å². The minimum atomic E-state index is -0.641. The van der Waals surface area contributed by atoms with Crippen LogP contribution in [0.15, 0.2) is 30.3 Å². The Morgan fingerprint density at radius 1 is 1.07 bits per heavy atom. The Morgan fingerprint density at radius 2 is 1.64 bits per heavy atom. The molecule has 1 heterocycles. The van der Waals surface area contributed by atoms with Gasteiger partial charge in [-0.3, -0.25) is 5.32 Å². The van der Waals surface area contributed by atoms with E-state index in [2.05, 4.69) is 5.32 Å². The fourth-order valence-electron chi connectivity index (χ4n) is 2.99. The van der Waals surface area contributed by atoms with Crippen LogP contribution in [0.2, 0.25) is 0 Å². The van der Waals surface area contributed by atoms with Crippen molar-refractivity contribution in [2.75, 3.05) is 5.32 Å². The van der Waals surface area contributed by atoms with Gasteiger partial charge in [0.15, 0.2) is 0 Å². The minimum Gasteiger partial charge on any atom is -0.506 e. The smallest absolute Gasteiger partial charge is 0.494 e. The van der Waals surface area contributed by atoms with Crippen molar-refractivity contribution in [3.63, 3.8) is 0 Å². The molecule has 28 heavy (non-hydrogen) atoms. The van der Waals surface area contributed by atoms with Crippen molar-refractivity contribution in [1.29, 1.82) is 0 Å². The van der Waals surface area contributed by atoms with Crippen LogP contribution in [0.5, 0.6) is 5.75 Å². The number of phenols is 1. The number of rotatable bonds is 2. The summed E-state index contributed by atoms with van der Waals surface area (Å²) >= 11 is 0. The summed E-state index contributed by atoms with van der Waals surface area (Å²) in [5.74, 6) is -0.0376. The zero-order valence-electron chi connectivity index (χ0n) is 17.5. The number of benzene rings is 2. The van der Waals surface area contributed by atoms with Crippen molar-refractivity contribution in [2.24, 2.45) is 0 Å². The van der Waals surface area contributed by atoms with Gasteiger partial charge in [-0.1, -0.05) is 24.3 Å². The van der Waals surface area contributed by atoms with Crippen molar-refractivity contribution < 1.29 is 23.9 Å². The van der Waals surface area contributed by atoms with Crippen LogP contribution in [0.1, 0.15) is 48.5 Å². The van der Waals surface area contributed by atoms with Gasteiger partial charge in [-0.25, -0.2) is 4.79 Å². The van der Waals surface area contributed by atoms with E-state index in [0.717, 1.165) is 10.8 Å². The van der Waals surface area contributed by atoms with Crippen molar-refractivity contribution in [2.45, 2.75) is 65.3 Å². The normalized spacial score (nSPS) is 18.3. The van der Waals surface area contributed by atoms with Crippen LogP contribution in [0.4, 0.5) is 10.5 Å². The zero-order chi connectivity index (χ0) is 20.9. The first-order chi connectivity index (χ1) is 12.8.